The molecule has 14 heteroatoms. The van der Waals surface area contributed by atoms with E-state index in [2.05, 4.69) is 9.98 Å². The molecule has 54 heavy (non-hydrogen) atoms. The summed E-state index contributed by atoms with van der Waals surface area (Å²) < 4.78 is 27.1. The third-order valence-electron chi connectivity index (χ3n) is 7.97. The van der Waals surface area contributed by atoms with Crippen LogP contribution in [0.15, 0.2) is 105 Å². The molecular formula is C40H38Cl4F2Fe2N6. The topological polar surface area (TPSA) is 75.2 Å². The predicted molar refractivity (Wildman–Crippen MR) is 218 cm³/mol. The van der Waals surface area contributed by atoms with Gasteiger partial charge in [0.25, 0.3) is 0 Å². The van der Waals surface area contributed by atoms with Gasteiger partial charge in [0.2, 0.25) is 0 Å². The fourth-order valence-corrected chi connectivity index (χ4v) is 5.14. The number of aromatic nitrogens is 2. The van der Waals surface area contributed by atoms with Gasteiger partial charge < -0.3 is 0 Å². The standard InChI is InChI=1S/C40H38F2N6.4ClH.2Fe/c1-23-19-31(41)15-17-33(23)43-27(5)35-11-9-13-37(47-35)29(7)45-39-21-26(4)40(22-25(39)3)46-30(8)38-14-10-12-36(48-38)28(6)44-34-18-16-32(42)20-24(34)2;;;;;;/h9-22H,1-8H3;4*1H;;/q;;;;;2*+2/p-4. The maximum atomic E-state index is 13.5. The number of pyridine rings is 2. The van der Waals surface area contributed by atoms with Gasteiger partial charge in [-0.1, -0.05) is 12.1 Å². The first-order valence-electron chi connectivity index (χ1n) is 16.2. The van der Waals surface area contributed by atoms with E-state index in [1.165, 1.54) is 24.3 Å². The van der Waals surface area contributed by atoms with Crippen LogP contribution in [-0.2, 0) is 26.3 Å². The second-order valence-electron chi connectivity index (χ2n) is 12.0. The van der Waals surface area contributed by atoms with Crippen molar-refractivity contribution in [2.45, 2.75) is 55.4 Å². The Bertz CT molecular complexity index is 2060. The molecule has 0 N–H and O–H groups in total. The summed E-state index contributed by atoms with van der Waals surface area (Å²) in [6, 6.07) is 24.7. The quantitative estimate of drug-likeness (QED) is 0.115. The van der Waals surface area contributed by atoms with Crippen LogP contribution >= 0.6 is 40.4 Å². The second-order valence-corrected chi connectivity index (χ2v) is 15.6. The van der Waals surface area contributed by atoms with Crippen LogP contribution in [0, 0.1) is 39.3 Å². The van der Waals surface area contributed by atoms with Crippen LogP contribution in [0.2, 0.25) is 0 Å². The second kappa shape index (κ2) is 22.3. The van der Waals surface area contributed by atoms with Crippen molar-refractivity contribution in [2.24, 2.45) is 20.0 Å². The molecule has 286 valence electrons. The monoisotopic (exact) mass is 892 g/mol. The molecule has 0 aliphatic rings. The molecule has 0 aliphatic heterocycles. The van der Waals surface area contributed by atoms with Crippen molar-refractivity contribution in [1.29, 1.82) is 0 Å². The van der Waals surface area contributed by atoms with Gasteiger partial charge in [-0.2, -0.15) is 0 Å². The molecule has 0 fully saturated rings. The SMILES string of the molecule is CC(=Nc1ccc(F)cc1C)c1cccc(C(C)=Nc2cc(C)c(N=C(C)c3cccc(C(C)=Nc4ccc(F)cc4C)n3)cc2C)n1.[Cl][Fe][Cl].[Cl][Fe][Cl]. The normalized spacial score (nSPS) is 12.3. The molecule has 0 saturated carbocycles. The molecule has 0 spiro atoms. The first-order valence-corrected chi connectivity index (χ1v) is 22.3. The van der Waals surface area contributed by atoms with Crippen LogP contribution in [-0.4, -0.2) is 32.8 Å². The van der Waals surface area contributed by atoms with Gasteiger partial charge in [-0.05, 0) is 150 Å². The van der Waals surface area contributed by atoms with Crippen molar-refractivity contribution in [3.63, 3.8) is 0 Å². The third-order valence-corrected chi connectivity index (χ3v) is 7.97. The van der Waals surface area contributed by atoms with E-state index in [0.717, 1.165) is 79.3 Å². The first-order chi connectivity index (χ1) is 25.7. The van der Waals surface area contributed by atoms with Gasteiger partial charge in [0.15, 0.2) is 0 Å². The molecule has 0 aliphatic carbocycles. The van der Waals surface area contributed by atoms with Gasteiger partial charge in [0.1, 0.15) is 11.6 Å². The average Bonchev–Trinajstić information content (AvgIpc) is 3.13. The Morgan fingerprint density at radius 3 is 0.981 bits per heavy atom. The Kier molecular flexibility index (Phi) is 18.6. The van der Waals surface area contributed by atoms with Crippen LogP contribution in [0.25, 0.3) is 0 Å². The summed E-state index contributed by atoms with van der Waals surface area (Å²) in [4.78, 5) is 28.9. The maximum absolute atomic E-state index is 13.5. The Morgan fingerprint density at radius 2 is 0.704 bits per heavy atom. The minimum atomic E-state index is -0.282. The van der Waals surface area contributed by atoms with E-state index in [1.54, 1.807) is 12.1 Å². The third kappa shape index (κ3) is 13.5. The van der Waals surface area contributed by atoms with E-state index in [0.29, 0.717) is 11.4 Å². The summed E-state index contributed by atoms with van der Waals surface area (Å²) in [6.45, 7) is 15.4. The van der Waals surface area contributed by atoms with E-state index in [-0.39, 0.29) is 37.9 Å². The Morgan fingerprint density at radius 1 is 0.444 bits per heavy atom. The van der Waals surface area contributed by atoms with E-state index in [1.807, 2.05) is 104 Å². The summed E-state index contributed by atoms with van der Waals surface area (Å²) in [5, 5.41) is 0. The zero-order valence-electron chi connectivity index (χ0n) is 30.7. The van der Waals surface area contributed by atoms with E-state index < -0.39 is 0 Å². The van der Waals surface area contributed by atoms with Gasteiger partial charge in [0, 0.05) is 0 Å². The number of hydrogen-bond acceptors (Lipinski definition) is 6. The number of rotatable bonds is 8. The van der Waals surface area contributed by atoms with Crippen LogP contribution in [0.4, 0.5) is 31.5 Å². The van der Waals surface area contributed by atoms with Crippen LogP contribution in [0.1, 0.15) is 72.7 Å². The van der Waals surface area contributed by atoms with Gasteiger partial charge in [-0.3, -0.25) is 20.0 Å². The number of benzene rings is 3. The zero-order valence-corrected chi connectivity index (χ0v) is 36.0. The fourth-order valence-electron chi connectivity index (χ4n) is 5.14. The van der Waals surface area contributed by atoms with Crippen molar-refractivity contribution in [1.82, 2.24) is 9.97 Å². The average molecular weight is 894 g/mol. The summed E-state index contributed by atoms with van der Waals surface area (Å²) >= 11 is 0.389. The van der Waals surface area contributed by atoms with Crippen LogP contribution < -0.4 is 0 Å². The Hall–Kier alpha value is -3.30. The molecule has 0 unspecified atom stereocenters. The number of halogens is 6. The molecule has 5 aromatic rings. The van der Waals surface area contributed by atoms with Crippen molar-refractivity contribution in [2.75, 3.05) is 0 Å². The summed E-state index contributed by atoms with van der Waals surface area (Å²) in [6.07, 6.45) is 0. The Balaban J connectivity index is 0.00000122. The van der Waals surface area contributed by atoms with Crippen LogP contribution in [0.3, 0.4) is 0 Å². The summed E-state index contributed by atoms with van der Waals surface area (Å²) in [7, 11) is 19.1. The molecule has 6 nitrogen and oxygen atoms in total. The van der Waals surface area contributed by atoms with E-state index in [9.17, 15) is 8.78 Å². The van der Waals surface area contributed by atoms with Gasteiger partial charge >= 0.3 is 66.7 Å². The zero-order chi connectivity index (χ0) is 39.9. The molecule has 0 atom stereocenters. The molecule has 0 saturated heterocycles. The predicted octanol–water partition coefficient (Wildman–Crippen LogP) is 13.3. The number of nitrogens with zero attached hydrogens (tertiary/aromatic N) is 6. The van der Waals surface area contributed by atoms with E-state index in [4.69, 9.17) is 60.3 Å². The van der Waals surface area contributed by atoms with Crippen molar-refractivity contribution in [3.8, 4) is 0 Å². The molecule has 2 heterocycles. The van der Waals surface area contributed by atoms with Gasteiger partial charge in [-0.15, -0.1) is 0 Å². The molecule has 0 amide bonds. The van der Waals surface area contributed by atoms with Gasteiger partial charge in [-0.25, -0.2) is 18.7 Å². The molecule has 2 aromatic heterocycles. The summed E-state index contributed by atoms with van der Waals surface area (Å²) in [5.74, 6) is -0.564. The number of aryl methyl sites for hydroxylation is 4. The van der Waals surface area contributed by atoms with Crippen LogP contribution in [0.5, 0.6) is 0 Å². The van der Waals surface area contributed by atoms with E-state index >= 15 is 0 Å². The molecule has 5 rings (SSSR count). The van der Waals surface area contributed by atoms with Crippen molar-refractivity contribution >= 4 is 86.0 Å². The fraction of sp³-hybridized carbons (Fsp3) is 0.200. The number of aliphatic imine (C=N–C) groups is 4. The molecule has 0 bridgehead atoms. The Labute approximate surface area is 345 Å². The minimum absolute atomic E-state index is 0.194. The van der Waals surface area contributed by atoms with Crippen molar-refractivity contribution in [3.05, 3.63) is 142 Å². The number of hydrogen-bond donors (Lipinski definition) is 0. The van der Waals surface area contributed by atoms with Crippen molar-refractivity contribution < 1.29 is 35.0 Å². The molecular weight excluding hydrogens is 856 g/mol. The first kappa shape index (κ1) is 45.1. The van der Waals surface area contributed by atoms with Gasteiger partial charge in [0.05, 0.1) is 68.4 Å². The molecule has 0 radical (unpaired) electrons. The molecule has 3 aromatic carbocycles. The summed E-state index contributed by atoms with van der Waals surface area (Å²) in [5.41, 5.74) is 12.5.